The van der Waals surface area contributed by atoms with Crippen LogP contribution in [0.25, 0.3) is 0 Å². The highest BCUT2D eigenvalue weighted by Crippen LogP contribution is 2.29. The number of aromatic nitrogens is 2. The first kappa shape index (κ1) is 82.1. The van der Waals surface area contributed by atoms with Crippen molar-refractivity contribution in [2.24, 2.45) is 56.2 Å². The van der Waals surface area contributed by atoms with Gasteiger partial charge in [-0.05, 0) is 139 Å². The number of aliphatic carboxylic acids is 1. The largest absolute Gasteiger partial charge is 0.508 e. The van der Waals surface area contributed by atoms with E-state index in [1.165, 1.54) is 49.2 Å². The number of aromatic amines is 1. The highest BCUT2D eigenvalue weighted by Gasteiger charge is 2.48. The van der Waals surface area contributed by atoms with Crippen molar-refractivity contribution in [3.63, 3.8) is 0 Å². The van der Waals surface area contributed by atoms with Gasteiger partial charge in [-0.3, -0.25) is 67.5 Å². The van der Waals surface area contributed by atoms with E-state index in [1.54, 1.807) is 32.9 Å². The van der Waals surface area contributed by atoms with Gasteiger partial charge in [-0.2, -0.15) is 0 Å². The van der Waals surface area contributed by atoms with Crippen LogP contribution in [0.1, 0.15) is 155 Å². The summed E-state index contributed by atoms with van der Waals surface area (Å²) in [7, 11) is 0. The highest BCUT2D eigenvalue weighted by molar-refractivity contribution is 6.00. The number of amides is 12. The van der Waals surface area contributed by atoms with Gasteiger partial charge in [0.2, 0.25) is 70.9 Å². The summed E-state index contributed by atoms with van der Waals surface area (Å²) in [6.45, 7) is 7.82. The number of carbonyl (C=O) groups is 13. The summed E-state index contributed by atoms with van der Waals surface area (Å²) in [6.07, 6.45) is 5.83. The number of aliphatic imine (C=N–C) groups is 2. The number of hydrogen-bond donors (Lipinski definition) is 15. The minimum atomic E-state index is -1.42. The molecular formula is C69H107N21O15. The summed E-state index contributed by atoms with van der Waals surface area (Å²) in [5.41, 5.74) is 35.3. The number of phenolic OH excluding ortho intramolecular Hbond substituents is 1. The van der Waals surface area contributed by atoms with Crippen LogP contribution in [0.5, 0.6) is 5.75 Å². The number of likely N-dealkylation sites (tertiary alicyclic amines) is 5. The van der Waals surface area contributed by atoms with Crippen LogP contribution in [0.3, 0.4) is 0 Å². The zero-order valence-electron chi connectivity index (χ0n) is 60.4. The van der Waals surface area contributed by atoms with Gasteiger partial charge in [0, 0.05) is 70.5 Å². The fraction of sp³-hybridized carbons (Fsp3) is 0.652. The quantitative estimate of drug-likeness (QED) is 0.0178. The molecular weight excluding hydrogens is 1360 g/mol. The third kappa shape index (κ3) is 22.9. The minimum absolute atomic E-state index is 0.00423. The molecule has 0 spiro atoms. The van der Waals surface area contributed by atoms with Crippen LogP contribution in [0, 0.1) is 11.8 Å². The van der Waals surface area contributed by atoms with Gasteiger partial charge in [-0.1, -0.05) is 46.2 Å². The number of nitrogens with two attached hydrogens (primary N) is 6. The van der Waals surface area contributed by atoms with Gasteiger partial charge >= 0.3 is 5.97 Å². The van der Waals surface area contributed by atoms with Gasteiger partial charge in [0.1, 0.15) is 72.2 Å². The Morgan fingerprint density at radius 1 is 0.543 bits per heavy atom. The Balaban J connectivity index is 1.03. The molecule has 13 atom stereocenters. The van der Waals surface area contributed by atoms with E-state index in [4.69, 9.17) is 34.4 Å². The number of nitrogens with zero attached hydrogens (tertiary/aromatic N) is 8. The first-order chi connectivity index (χ1) is 50.0. The van der Waals surface area contributed by atoms with Gasteiger partial charge in [0.25, 0.3) is 0 Å². The Kier molecular flexibility index (Phi) is 30.6. The molecule has 0 saturated carbocycles. The number of nitrogens with one attached hydrogen (secondary N) is 7. The van der Waals surface area contributed by atoms with Crippen LogP contribution >= 0.6 is 0 Å². The maximum Gasteiger partial charge on any atom is 0.326 e. The summed E-state index contributed by atoms with van der Waals surface area (Å²) in [5, 5.41) is 36.2. The molecule has 105 heavy (non-hydrogen) atoms. The number of carbonyl (C=O) groups excluding carboxylic acids is 12. The number of carboxylic acid groups (broad SMARTS) is 1. The van der Waals surface area contributed by atoms with E-state index in [0.717, 1.165) is 0 Å². The summed E-state index contributed by atoms with van der Waals surface area (Å²) in [6, 6.07) is -8.17. The van der Waals surface area contributed by atoms with Crippen molar-refractivity contribution >= 4 is 88.8 Å². The molecule has 578 valence electrons. The fourth-order valence-electron chi connectivity index (χ4n) is 14.3. The Morgan fingerprint density at radius 3 is 1.45 bits per heavy atom. The van der Waals surface area contributed by atoms with E-state index in [9.17, 15) is 67.7 Å². The maximum absolute atomic E-state index is 15.1. The third-order valence-corrected chi connectivity index (χ3v) is 20.0. The molecule has 1 aromatic heterocycles. The van der Waals surface area contributed by atoms with Crippen molar-refractivity contribution in [1.29, 1.82) is 0 Å². The van der Waals surface area contributed by atoms with Gasteiger partial charge in [-0.15, -0.1) is 0 Å². The number of hydrogen-bond acceptors (Lipinski definition) is 18. The average Bonchev–Trinajstić information content (AvgIpc) is 1.70. The lowest BCUT2D eigenvalue weighted by atomic mass is 9.96. The number of benzene rings is 1. The summed E-state index contributed by atoms with van der Waals surface area (Å²) in [5.74, 6) is -10.2. The summed E-state index contributed by atoms with van der Waals surface area (Å²) < 4.78 is 0. The second-order valence-electron chi connectivity index (χ2n) is 28.3. The van der Waals surface area contributed by atoms with Crippen LogP contribution in [0.2, 0.25) is 0 Å². The van der Waals surface area contributed by atoms with Crippen molar-refractivity contribution in [2.45, 2.75) is 229 Å². The zero-order chi connectivity index (χ0) is 76.8. The topological polar surface area (TPSA) is 560 Å². The van der Waals surface area contributed by atoms with Gasteiger partial charge in [0.05, 0.1) is 12.4 Å². The molecule has 5 fully saturated rings. The van der Waals surface area contributed by atoms with Crippen molar-refractivity contribution in [3.05, 3.63) is 48.0 Å². The van der Waals surface area contributed by atoms with Gasteiger partial charge in [-0.25, -0.2) is 9.78 Å². The smallest absolute Gasteiger partial charge is 0.326 e. The molecule has 5 aliphatic rings. The average molecular weight is 1470 g/mol. The van der Waals surface area contributed by atoms with Crippen LogP contribution in [-0.4, -0.2) is 252 Å². The summed E-state index contributed by atoms with van der Waals surface area (Å²) >= 11 is 0. The van der Waals surface area contributed by atoms with E-state index in [-0.39, 0.29) is 159 Å². The predicted octanol–water partition coefficient (Wildman–Crippen LogP) is -3.36. The standard InChI is InChI=1S/C69H107N21O15/c1-5-39(4)55(85-56(93)43(70)34-40-20-22-42(91)23-21-40)66(103)89-31-11-18-52(89)60(97)82-46(24-25-54(71)92)63(100)86-28-8-16-50(86)59(96)81-45(14-7-27-78-69(74)75)62(99)90-32-12-19-53(90)65(102)88-30-10-17-51(88)61(98)83-47(35-41-36-76-37-79-41)64(101)87-29-9-15-49(87)58(95)80-44(13-6-26-77-68(72)73)57(94)84-48(67(104)105)33-38(2)3/h20-23,36-39,43-53,55,91H,5-19,24-35,70H2,1-4H3,(H2,71,92)(H,76,79)(H,80,95)(H,81,96)(H,82,97)(H,83,98)(H,84,94)(H,85,93)(H,104,105)(H4,72,73,77)(H4,74,75,78)/t39-,43-,44-,45-,46-,47-,48-,49-,50-,51-,52-,53-,55-/m0/s1. The van der Waals surface area contributed by atoms with Gasteiger partial charge < -0.3 is 106 Å². The normalized spacial score (nSPS) is 20.9. The lowest BCUT2D eigenvalue weighted by Gasteiger charge is -2.35. The van der Waals surface area contributed by atoms with Crippen molar-refractivity contribution < 1.29 is 72.5 Å². The van der Waals surface area contributed by atoms with Crippen molar-refractivity contribution in [2.75, 3.05) is 45.8 Å². The Labute approximate surface area is 609 Å². The molecule has 0 radical (unpaired) electrons. The van der Waals surface area contributed by atoms with E-state index in [1.807, 2.05) is 6.92 Å². The maximum atomic E-state index is 15.1. The van der Waals surface area contributed by atoms with Crippen molar-refractivity contribution in [3.8, 4) is 5.75 Å². The van der Waals surface area contributed by atoms with E-state index in [2.05, 4.69) is 51.9 Å². The Hall–Kier alpha value is -10.2. The first-order valence-corrected chi connectivity index (χ1v) is 36.4. The number of primary amides is 1. The molecule has 2 aromatic rings. The lowest BCUT2D eigenvalue weighted by molar-refractivity contribution is -0.149. The molecule has 0 aliphatic carbocycles. The molecule has 5 aliphatic heterocycles. The zero-order valence-corrected chi connectivity index (χ0v) is 60.4. The SMILES string of the molecule is CC[C@H](C)[C@H](NC(=O)[C@@H](N)Cc1ccc(O)cc1)C(=O)N1CCC[C@H]1C(=O)N[C@@H](CCC(N)=O)C(=O)N1CCC[C@H]1C(=O)N[C@@H](CCCN=C(N)N)C(=O)N1CCC[C@H]1C(=O)N1CCC[C@H]1C(=O)N[C@@H](Cc1cnc[nH]1)C(=O)N1CCC[C@H]1C(=O)N[C@@H](CCCN=C(N)N)C(=O)N[C@@H](CC(C)C)C(=O)O. The first-order valence-electron chi connectivity index (χ1n) is 36.4. The van der Waals surface area contributed by atoms with Crippen LogP contribution in [0.15, 0.2) is 46.8 Å². The summed E-state index contributed by atoms with van der Waals surface area (Å²) in [4.78, 5) is 206. The Morgan fingerprint density at radius 2 is 0.981 bits per heavy atom. The lowest BCUT2D eigenvalue weighted by Crippen LogP contribution is -2.60. The number of H-pyrrole nitrogens is 1. The monoisotopic (exact) mass is 1470 g/mol. The highest BCUT2D eigenvalue weighted by atomic mass is 16.4. The number of aromatic hydroxyl groups is 1. The molecule has 1 aromatic carbocycles. The second-order valence-corrected chi connectivity index (χ2v) is 28.3. The molecule has 5 saturated heterocycles. The van der Waals surface area contributed by atoms with Gasteiger partial charge in [0.15, 0.2) is 11.9 Å². The molecule has 7 rings (SSSR count). The molecule has 36 nitrogen and oxygen atoms in total. The molecule has 36 heteroatoms. The van der Waals surface area contributed by atoms with Crippen LogP contribution in [0.4, 0.5) is 0 Å². The van der Waals surface area contributed by atoms with Crippen molar-refractivity contribution in [1.82, 2.24) is 66.4 Å². The molecule has 0 bridgehead atoms. The van der Waals surface area contributed by atoms with E-state index in [0.29, 0.717) is 49.8 Å². The predicted molar refractivity (Wildman–Crippen MR) is 382 cm³/mol. The Bertz CT molecular complexity index is 3460. The number of carboxylic acids is 1. The molecule has 0 unspecified atom stereocenters. The molecule has 21 N–H and O–H groups in total. The van der Waals surface area contributed by atoms with Crippen LogP contribution in [-0.2, 0) is 75.2 Å². The number of rotatable bonds is 37. The number of imidazole rings is 1. The molecule has 6 heterocycles. The van der Waals surface area contributed by atoms with E-state index < -0.39 is 155 Å². The molecule has 12 amide bonds. The number of phenols is 1. The van der Waals surface area contributed by atoms with Crippen LogP contribution < -0.4 is 66.3 Å². The number of guanidine groups is 2. The fourth-order valence-corrected chi connectivity index (χ4v) is 14.3. The van der Waals surface area contributed by atoms with E-state index >= 15 is 4.79 Å². The minimum Gasteiger partial charge on any atom is -0.508 e. The second kappa shape index (κ2) is 39.1. The third-order valence-electron chi connectivity index (χ3n) is 20.0.